The summed E-state index contributed by atoms with van der Waals surface area (Å²) in [5.41, 5.74) is 7.19. The van der Waals surface area contributed by atoms with Crippen molar-refractivity contribution in [2.24, 2.45) is 0 Å². The van der Waals surface area contributed by atoms with Crippen molar-refractivity contribution in [3.8, 4) is 0 Å². The Morgan fingerprint density at radius 1 is 1.26 bits per heavy atom. The molecule has 98 valence electrons. The van der Waals surface area contributed by atoms with E-state index in [1.165, 1.54) is 18.2 Å². The molecule has 0 spiro atoms. The second-order valence-electron chi connectivity index (χ2n) is 4.07. The number of nitrogens with two attached hydrogens (primary N) is 1. The first-order chi connectivity index (χ1) is 8.97. The Hall–Kier alpha value is -1.39. The maximum atomic E-state index is 13.1. The molecule has 0 aliphatic carbocycles. The summed E-state index contributed by atoms with van der Waals surface area (Å²) in [6, 6.07) is 8.89. The molecule has 0 aliphatic heterocycles. The predicted molar refractivity (Wildman–Crippen MR) is 78.0 cm³/mol. The van der Waals surface area contributed by atoms with Gasteiger partial charge in [0.1, 0.15) is 5.82 Å². The van der Waals surface area contributed by atoms with Crippen molar-refractivity contribution in [2.45, 2.75) is 6.42 Å². The number of anilines is 1. The third-order valence-electron chi connectivity index (χ3n) is 2.68. The minimum Gasteiger partial charge on any atom is -0.398 e. The van der Waals surface area contributed by atoms with Crippen LogP contribution in [0.1, 0.15) is 15.9 Å². The Balaban J connectivity index is 2.25. The van der Waals surface area contributed by atoms with Crippen molar-refractivity contribution in [1.82, 2.24) is 0 Å². The molecule has 2 N–H and O–H groups in total. The van der Waals surface area contributed by atoms with Crippen LogP contribution in [0.4, 0.5) is 10.1 Å². The summed E-state index contributed by atoms with van der Waals surface area (Å²) in [6.45, 7) is 0. The highest BCUT2D eigenvalue weighted by molar-refractivity contribution is 9.10. The van der Waals surface area contributed by atoms with E-state index in [1.807, 2.05) is 0 Å². The number of carbonyl (C=O) groups excluding carboxylic acids is 1. The van der Waals surface area contributed by atoms with Crippen LogP contribution in [-0.2, 0) is 6.42 Å². The fourth-order valence-corrected chi connectivity index (χ4v) is 2.22. The Bertz CT molecular complexity index is 645. The molecule has 19 heavy (non-hydrogen) atoms. The molecular weight excluding hydrogens is 333 g/mol. The summed E-state index contributed by atoms with van der Waals surface area (Å²) < 4.78 is 13.8. The zero-order chi connectivity index (χ0) is 14.0. The zero-order valence-electron chi connectivity index (χ0n) is 9.79. The standard InChI is InChI=1S/C14H10BrClFNO/c15-11-6-8(1-4-13(11)18)14(19)7-9-5-10(17)2-3-12(9)16/h1-6H,7,18H2. The van der Waals surface area contributed by atoms with E-state index in [-0.39, 0.29) is 12.2 Å². The van der Waals surface area contributed by atoms with Gasteiger partial charge in [0.15, 0.2) is 5.78 Å². The molecule has 0 amide bonds. The van der Waals surface area contributed by atoms with Gasteiger partial charge in [-0.1, -0.05) is 11.6 Å². The molecule has 2 nitrogen and oxygen atoms in total. The van der Waals surface area contributed by atoms with Crippen molar-refractivity contribution in [3.63, 3.8) is 0 Å². The van der Waals surface area contributed by atoms with Gasteiger partial charge in [0, 0.05) is 27.2 Å². The molecule has 0 bridgehead atoms. The Kier molecular flexibility index (Phi) is 4.22. The van der Waals surface area contributed by atoms with Crippen molar-refractivity contribution in [1.29, 1.82) is 0 Å². The smallest absolute Gasteiger partial charge is 0.167 e. The number of Topliss-reactive ketones (excluding diaryl/α,β-unsaturated/α-hetero) is 1. The lowest BCUT2D eigenvalue weighted by molar-refractivity contribution is 0.0993. The maximum Gasteiger partial charge on any atom is 0.167 e. The fourth-order valence-electron chi connectivity index (χ4n) is 1.65. The number of hydrogen-bond donors (Lipinski definition) is 1. The van der Waals surface area contributed by atoms with E-state index in [9.17, 15) is 9.18 Å². The van der Waals surface area contributed by atoms with Crippen LogP contribution in [0.2, 0.25) is 5.02 Å². The van der Waals surface area contributed by atoms with E-state index in [0.29, 0.717) is 26.3 Å². The lowest BCUT2D eigenvalue weighted by Gasteiger charge is -2.06. The molecule has 0 saturated heterocycles. The van der Waals surface area contributed by atoms with Gasteiger partial charge in [0.05, 0.1) is 0 Å². The van der Waals surface area contributed by atoms with Gasteiger partial charge in [-0.05, 0) is 57.9 Å². The third-order valence-corrected chi connectivity index (χ3v) is 3.74. The quantitative estimate of drug-likeness (QED) is 0.669. The van der Waals surface area contributed by atoms with Gasteiger partial charge >= 0.3 is 0 Å². The largest absolute Gasteiger partial charge is 0.398 e. The second-order valence-corrected chi connectivity index (χ2v) is 5.33. The van der Waals surface area contributed by atoms with Gasteiger partial charge in [-0.25, -0.2) is 4.39 Å². The van der Waals surface area contributed by atoms with E-state index in [1.54, 1.807) is 18.2 Å². The molecule has 0 aromatic heterocycles. The third kappa shape index (κ3) is 3.33. The molecule has 0 unspecified atom stereocenters. The van der Waals surface area contributed by atoms with Gasteiger partial charge in [-0.2, -0.15) is 0 Å². The maximum absolute atomic E-state index is 13.1. The van der Waals surface area contributed by atoms with Crippen molar-refractivity contribution in [3.05, 3.63) is 62.8 Å². The van der Waals surface area contributed by atoms with Gasteiger partial charge in [-0.3, -0.25) is 4.79 Å². The molecular formula is C14H10BrClFNO. The molecule has 2 rings (SSSR count). The SMILES string of the molecule is Nc1ccc(C(=O)Cc2cc(F)ccc2Cl)cc1Br. The van der Waals surface area contributed by atoms with Crippen LogP contribution in [0, 0.1) is 5.82 Å². The van der Waals surface area contributed by atoms with E-state index in [4.69, 9.17) is 17.3 Å². The zero-order valence-corrected chi connectivity index (χ0v) is 12.1. The van der Waals surface area contributed by atoms with Gasteiger partial charge in [0.2, 0.25) is 0 Å². The van der Waals surface area contributed by atoms with Crippen LogP contribution in [-0.4, -0.2) is 5.78 Å². The lowest BCUT2D eigenvalue weighted by Crippen LogP contribution is -2.05. The minimum absolute atomic E-state index is 0.0486. The van der Waals surface area contributed by atoms with E-state index >= 15 is 0 Å². The molecule has 0 atom stereocenters. The first-order valence-corrected chi connectivity index (χ1v) is 6.66. The second kappa shape index (κ2) is 5.72. The van der Waals surface area contributed by atoms with Crippen LogP contribution in [0.3, 0.4) is 0 Å². The average molecular weight is 343 g/mol. The first-order valence-electron chi connectivity index (χ1n) is 5.49. The summed E-state index contributed by atoms with van der Waals surface area (Å²) in [5.74, 6) is -0.557. The molecule has 0 saturated carbocycles. The summed E-state index contributed by atoms with van der Waals surface area (Å²) >= 11 is 9.20. The lowest BCUT2D eigenvalue weighted by atomic mass is 10.0. The number of hydrogen-bond acceptors (Lipinski definition) is 2. The van der Waals surface area contributed by atoms with Crippen LogP contribution < -0.4 is 5.73 Å². The Morgan fingerprint density at radius 2 is 2.00 bits per heavy atom. The number of ketones is 1. The van der Waals surface area contributed by atoms with Crippen molar-refractivity contribution < 1.29 is 9.18 Å². The number of halogens is 3. The molecule has 0 fully saturated rings. The molecule has 2 aromatic carbocycles. The van der Waals surface area contributed by atoms with Gasteiger partial charge < -0.3 is 5.73 Å². The van der Waals surface area contributed by atoms with E-state index in [0.717, 1.165) is 0 Å². The molecule has 0 heterocycles. The average Bonchev–Trinajstić information content (AvgIpc) is 2.37. The highest BCUT2D eigenvalue weighted by atomic mass is 79.9. The van der Waals surface area contributed by atoms with Crippen LogP contribution in [0.5, 0.6) is 0 Å². The highest BCUT2D eigenvalue weighted by Gasteiger charge is 2.11. The number of nitrogen functional groups attached to an aromatic ring is 1. The molecule has 2 aromatic rings. The topological polar surface area (TPSA) is 43.1 Å². The summed E-state index contributed by atoms with van der Waals surface area (Å²) in [5, 5.41) is 0.379. The molecule has 5 heteroatoms. The summed E-state index contributed by atoms with van der Waals surface area (Å²) in [7, 11) is 0. The normalized spacial score (nSPS) is 10.5. The monoisotopic (exact) mass is 341 g/mol. The minimum atomic E-state index is -0.411. The molecule has 0 radical (unpaired) electrons. The summed E-state index contributed by atoms with van der Waals surface area (Å²) in [4.78, 5) is 12.1. The van der Waals surface area contributed by atoms with Crippen molar-refractivity contribution >= 4 is 39.0 Å². The first kappa shape index (κ1) is 14.0. The van der Waals surface area contributed by atoms with Gasteiger partial charge in [0.25, 0.3) is 0 Å². The van der Waals surface area contributed by atoms with Crippen LogP contribution in [0.15, 0.2) is 40.9 Å². The summed E-state index contributed by atoms with van der Waals surface area (Å²) in [6.07, 6.45) is 0.0486. The van der Waals surface area contributed by atoms with Crippen molar-refractivity contribution in [2.75, 3.05) is 5.73 Å². The number of carbonyl (C=O) groups is 1. The van der Waals surface area contributed by atoms with E-state index < -0.39 is 5.82 Å². The predicted octanol–water partition coefficient (Wildman–Crippen LogP) is 4.25. The fraction of sp³-hybridized carbons (Fsp3) is 0.0714. The highest BCUT2D eigenvalue weighted by Crippen LogP contribution is 2.23. The number of rotatable bonds is 3. The van der Waals surface area contributed by atoms with Crippen LogP contribution >= 0.6 is 27.5 Å². The van der Waals surface area contributed by atoms with Gasteiger partial charge in [-0.15, -0.1) is 0 Å². The van der Waals surface area contributed by atoms with E-state index in [2.05, 4.69) is 15.9 Å². The Labute approximate surface area is 123 Å². The van der Waals surface area contributed by atoms with Crippen LogP contribution in [0.25, 0.3) is 0 Å². The Morgan fingerprint density at radius 3 is 2.68 bits per heavy atom. The number of benzene rings is 2. The molecule has 0 aliphatic rings.